The van der Waals surface area contributed by atoms with E-state index >= 15 is 0 Å². The number of aliphatic hydroxyl groups is 2. The van der Waals surface area contributed by atoms with Crippen molar-refractivity contribution in [2.45, 2.75) is 70.5 Å². The van der Waals surface area contributed by atoms with E-state index in [1.54, 1.807) is 6.08 Å². The van der Waals surface area contributed by atoms with Crippen LogP contribution < -0.4 is 0 Å². The van der Waals surface area contributed by atoms with Gasteiger partial charge in [0.2, 0.25) is 0 Å². The summed E-state index contributed by atoms with van der Waals surface area (Å²) in [6.07, 6.45) is 5.05. The van der Waals surface area contributed by atoms with Crippen molar-refractivity contribution in [3.8, 4) is 0 Å². The highest BCUT2D eigenvalue weighted by Crippen LogP contribution is 2.69. The number of fused-ring (bicyclic) bond motifs is 5. The molecule has 0 heterocycles. The van der Waals surface area contributed by atoms with Crippen molar-refractivity contribution in [3.63, 3.8) is 0 Å². The van der Waals surface area contributed by atoms with Crippen molar-refractivity contribution in [2.24, 2.45) is 28.6 Å². The SMILES string of the molecule is C[C@]12CCC(=O)C=C1CC[C@@H]1[C@@H]2[C@@H](O)C[C@@]2(C)[C@H]1CC[C@]2(O[P+](=O)O)C(=O)CO. The zero-order chi connectivity index (χ0) is 21.2. The highest BCUT2D eigenvalue weighted by atomic mass is 31.1. The second kappa shape index (κ2) is 7.03. The number of carbonyl (C=O) groups excluding carboxylic acids is 2. The maximum atomic E-state index is 12.8. The summed E-state index contributed by atoms with van der Waals surface area (Å²) < 4.78 is 17.0. The van der Waals surface area contributed by atoms with Crippen molar-refractivity contribution in [2.75, 3.05) is 6.61 Å². The lowest BCUT2D eigenvalue weighted by atomic mass is 9.45. The number of hydrogen-bond acceptors (Lipinski definition) is 6. The molecular weight excluding hydrogens is 395 g/mol. The van der Waals surface area contributed by atoms with Crippen molar-refractivity contribution >= 4 is 19.8 Å². The standard InChI is InChI=1S/C21H29O7P/c1-19-7-5-13(23)9-12(19)3-4-14-15-6-8-21(17(25)11-22,28-29(26)27)20(15,2)10-16(24)18(14)19/h9,14-16,18,22,24H,3-8,10-11H2,1-2H3/p+1/t14-,15-,16-,18+,19-,20-,21-/m0/s1. The van der Waals surface area contributed by atoms with Crippen LogP contribution in [0.2, 0.25) is 0 Å². The minimum Gasteiger partial charge on any atom is -0.393 e. The predicted molar refractivity (Wildman–Crippen MR) is 104 cm³/mol. The van der Waals surface area contributed by atoms with E-state index in [0.29, 0.717) is 12.8 Å². The summed E-state index contributed by atoms with van der Waals surface area (Å²) in [4.78, 5) is 34.2. The van der Waals surface area contributed by atoms with E-state index in [9.17, 15) is 29.3 Å². The maximum absolute atomic E-state index is 12.8. The molecule has 1 unspecified atom stereocenters. The van der Waals surface area contributed by atoms with Gasteiger partial charge in [-0.15, -0.1) is 9.42 Å². The summed E-state index contributed by atoms with van der Waals surface area (Å²) in [5.74, 6) is -0.280. The molecule has 0 radical (unpaired) electrons. The lowest BCUT2D eigenvalue weighted by Crippen LogP contribution is -2.62. The minimum atomic E-state index is -3.03. The van der Waals surface area contributed by atoms with Gasteiger partial charge >= 0.3 is 8.25 Å². The molecule has 160 valence electrons. The molecule has 0 amide bonds. The maximum Gasteiger partial charge on any atom is 0.695 e. The van der Waals surface area contributed by atoms with Crippen LogP contribution in [0.15, 0.2) is 11.6 Å². The van der Waals surface area contributed by atoms with Crippen molar-refractivity contribution in [1.82, 2.24) is 0 Å². The van der Waals surface area contributed by atoms with Crippen molar-refractivity contribution < 1.29 is 33.8 Å². The number of ketones is 2. The van der Waals surface area contributed by atoms with Gasteiger partial charge in [0.05, 0.1) is 6.10 Å². The third kappa shape index (κ3) is 2.85. The molecule has 0 aromatic carbocycles. The number of carbonyl (C=O) groups is 2. The van der Waals surface area contributed by atoms with Crippen LogP contribution in [-0.2, 0) is 18.7 Å². The zero-order valence-electron chi connectivity index (χ0n) is 17.0. The molecule has 4 aliphatic carbocycles. The topological polar surface area (TPSA) is 121 Å². The van der Waals surface area contributed by atoms with Crippen LogP contribution in [0.5, 0.6) is 0 Å². The van der Waals surface area contributed by atoms with Crippen LogP contribution in [0.4, 0.5) is 0 Å². The first-order valence-corrected chi connectivity index (χ1v) is 11.6. The van der Waals surface area contributed by atoms with E-state index in [1.807, 2.05) is 6.92 Å². The second-order valence-electron chi connectivity index (χ2n) is 9.85. The van der Waals surface area contributed by atoms with E-state index in [4.69, 9.17) is 4.52 Å². The van der Waals surface area contributed by atoms with E-state index in [2.05, 4.69) is 6.92 Å². The number of rotatable bonds is 4. The Morgan fingerprint density at radius 2 is 2.00 bits per heavy atom. The Balaban J connectivity index is 1.76. The monoisotopic (exact) mass is 425 g/mol. The highest BCUT2D eigenvalue weighted by Gasteiger charge is 2.71. The average molecular weight is 425 g/mol. The first kappa shape index (κ1) is 21.3. The first-order chi connectivity index (χ1) is 13.6. The van der Waals surface area contributed by atoms with Gasteiger partial charge in [0.1, 0.15) is 6.61 Å². The van der Waals surface area contributed by atoms with Gasteiger partial charge in [-0.2, -0.15) is 0 Å². The Morgan fingerprint density at radius 1 is 1.28 bits per heavy atom. The molecule has 7 nitrogen and oxygen atoms in total. The second-order valence-corrected chi connectivity index (χ2v) is 10.5. The Labute approximate surface area is 171 Å². The number of allylic oxidation sites excluding steroid dienone is 1. The summed E-state index contributed by atoms with van der Waals surface area (Å²) in [6, 6.07) is 0. The van der Waals surface area contributed by atoms with Gasteiger partial charge in [0.25, 0.3) is 0 Å². The molecule has 4 aliphatic rings. The fourth-order valence-electron chi connectivity index (χ4n) is 7.60. The summed E-state index contributed by atoms with van der Waals surface area (Å²) in [6.45, 7) is 3.26. The van der Waals surface area contributed by atoms with Crippen LogP contribution >= 0.6 is 8.25 Å². The number of aliphatic hydroxyl groups excluding tert-OH is 2. The fourth-order valence-corrected chi connectivity index (χ4v) is 8.26. The first-order valence-electron chi connectivity index (χ1n) is 10.5. The molecule has 8 atom stereocenters. The molecule has 3 fully saturated rings. The van der Waals surface area contributed by atoms with Crippen molar-refractivity contribution in [3.05, 3.63) is 11.6 Å². The van der Waals surface area contributed by atoms with E-state index in [1.165, 1.54) is 0 Å². The molecule has 0 spiro atoms. The Hall–Kier alpha value is -0.980. The van der Waals surface area contributed by atoms with Gasteiger partial charge in [-0.05, 0) is 67.8 Å². The summed E-state index contributed by atoms with van der Waals surface area (Å²) in [7, 11) is -3.03. The number of Topliss-reactive ketones (excluding diaryl/α,β-unsaturated/α-hetero) is 1. The lowest BCUT2D eigenvalue weighted by molar-refractivity contribution is -0.176. The summed E-state index contributed by atoms with van der Waals surface area (Å²) in [5.41, 5.74) is -1.50. The smallest absolute Gasteiger partial charge is 0.393 e. The largest absolute Gasteiger partial charge is 0.695 e. The molecule has 8 heteroatoms. The van der Waals surface area contributed by atoms with Crippen LogP contribution in [0.1, 0.15) is 58.8 Å². The molecule has 0 aliphatic heterocycles. The van der Waals surface area contributed by atoms with Gasteiger partial charge < -0.3 is 10.2 Å². The molecule has 4 rings (SSSR count). The van der Waals surface area contributed by atoms with Crippen molar-refractivity contribution in [1.29, 1.82) is 0 Å². The summed E-state index contributed by atoms with van der Waals surface area (Å²) in [5, 5.41) is 20.9. The molecule has 0 saturated heterocycles. The fraction of sp³-hybridized carbons (Fsp3) is 0.810. The lowest BCUT2D eigenvalue weighted by Gasteiger charge is -2.60. The molecular formula is C21H30O7P+. The molecule has 29 heavy (non-hydrogen) atoms. The van der Waals surface area contributed by atoms with Gasteiger partial charge in [-0.1, -0.05) is 19.4 Å². The van der Waals surface area contributed by atoms with E-state index in [-0.39, 0.29) is 41.8 Å². The Kier molecular flexibility index (Phi) is 5.15. The molecule has 3 N–H and O–H groups in total. The Bertz CT molecular complexity index is 794. The van der Waals surface area contributed by atoms with Crippen LogP contribution in [0.3, 0.4) is 0 Å². The molecule has 0 bridgehead atoms. The van der Waals surface area contributed by atoms with Gasteiger partial charge in [0, 0.05) is 16.4 Å². The van der Waals surface area contributed by atoms with Crippen LogP contribution in [-0.4, -0.2) is 45.0 Å². The predicted octanol–water partition coefficient (Wildman–Crippen LogP) is 2.46. The molecule has 0 aromatic heterocycles. The van der Waals surface area contributed by atoms with Crippen LogP contribution in [0, 0.1) is 28.6 Å². The van der Waals surface area contributed by atoms with Gasteiger partial charge in [0.15, 0.2) is 17.2 Å². The Morgan fingerprint density at radius 3 is 2.66 bits per heavy atom. The third-order valence-electron chi connectivity index (χ3n) is 8.84. The quantitative estimate of drug-likeness (QED) is 0.592. The highest BCUT2D eigenvalue weighted by molar-refractivity contribution is 7.32. The molecule has 3 saturated carbocycles. The normalized spacial score (nSPS) is 47.0. The van der Waals surface area contributed by atoms with Crippen LogP contribution in [0.25, 0.3) is 0 Å². The molecule has 0 aromatic rings. The zero-order valence-corrected chi connectivity index (χ0v) is 17.9. The summed E-state index contributed by atoms with van der Waals surface area (Å²) >= 11 is 0. The average Bonchev–Trinajstić information content (AvgIpc) is 2.93. The van der Waals surface area contributed by atoms with E-state index < -0.39 is 37.8 Å². The van der Waals surface area contributed by atoms with E-state index in [0.717, 1.165) is 24.8 Å². The van der Waals surface area contributed by atoms with Gasteiger partial charge in [-0.25, -0.2) is 0 Å². The van der Waals surface area contributed by atoms with Gasteiger partial charge in [-0.3, -0.25) is 9.59 Å². The third-order valence-corrected chi connectivity index (χ3v) is 9.31. The minimum absolute atomic E-state index is 0.0170. The number of hydrogen-bond donors (Lipinski definition) is 3.